The number of aliphatic hydroxyl groups is 1. The van der Waals surface area contributed by atoms with Gasteiger partial charge in [-0.3, -0.25) is 0 Å². The molecule has 166 valence electrons. The molecule has 0 aromatic heterocycles. The molecular formula is C26H31Cl2NO2. The molecule has 1 N–H and O–H groups in total. The Labute approximate surface area is 197 Å². The minimum Gasteiger partial charge on any atom is -0.497 e. The fourth-order valence-electron chi connectivity index (χ4n) is 4.03. The van der Waals surface area contributed by atoms with Gasteiger partial charge in [-0.25, -0.2) is 0 Å². The molecule has 5 heteroatoms. The topological polar surface area (TPSA) is 32.7 Å². The molecule has 0 aliphatic rings. The molecule has 0 spiro atoms. The largest absolute Gasteiger partial charge is 0.497 e. The van der Waals surface area contributed by atoms with Crippen molar-refractivity contribution in [3.05, 3.63) is 101 Å². The SMILES string of the molecule is COc1cccc(C(O)(Cc2ccccc2Cl)C(Cc2ccccc2)CN(C)C)c1.Cl. The predicted octanol–water partition coefficient (Wildman–Crippen LogP) is 5.62. The lowest BCUT2D eigenvalue weighted by Crippen LogP contribution is -2.43. The van der Waals surface area contributed by atoms with Gasteiger partial charge in [0.05, 0.1) is 12.7 Å². The summed E-state index contributed by atoms with van der Waals surface area (Å²) in [5, 5.41) is 13.0. The highest BCUT2D eigenvalue weighted by Gasteiger charge is 2.39. The van der Waals surface area contributed by atoms with Gasteiger partial charge < -0.3 is 14.7 Å². The van der Waals surface area contributed by atoms with Crippen LogP contribution in [0.5, 0.6) is 5.75 Å². The lowest BCUT2D eigenvalue weighted by molar-refractivity contribution is -0.0331. The predicted molar refractivity (Wildman–Crippen MR) is 131 cm³/mol. The minimum atomic E-state index is -1.13. The molecule has 0 saturated heterocycles. The first-order chi connectivity index (χ1) is 14.4. The third-order valence-corrected chi connectivity index (χ3v) is 5.94. The van der Waals surface area contributed by atoms with Gasteiger partial charge in [0.2, 0.25) is 0 Å². The third-order valence-electron chi connectivity index (χ3n) is 5.57. The highest BCUT2D eigenvalue weighted by atomic mass is 35.5. The Bertz CT molecular complexity index is 949. The molecule has 0 fully saturated rings. The minimum absolute atomic E-state index is 0. The molecule has 3 aromatic rings. The first-order valence-electron chi connectivity index (χ1n) is 10.2. The summed E-state index contributed by atoms with van der Waals surface area (Å²) in [4.78, 5) is 2.13. The van der Waals surface area contributed by atoms with E-state index in [4.69, 9.17) is 16.3 Å². The Balaban J connectivity index is 0.00000341. The van der Waals surface area contributed by atoms with E-state index >= 15 is 0 Å². The molecular weight excluding hydrogens is 429 g/mol. The van der Waals surface area contributed by atoms with E-state index in [9.17, 15) is 5.11 Å². The van der Waals surface area contributed by atoms with Gasteiger partial charge in [0.25, 0.3) is 0 Å². The lowest BCUT2D eigenvalue weighted by atomic mass is 9.74. The maximum absolute atomic E-state index is 12.3. The third kappa shape index (κ3) is 6.47. The zero-order valence-corrected chi connectivity index (χ0v) is 19.9. The Morgan fingerprint density at radius 2 is 1.65 bits per heavy atom. The van der Waals surface area contributed by atoms with Gasteiger partial charge in [0, 0.05) is 23.9 Å². The van der Waals surface area contributed by atoms with Crippen LogP contribution in [-0.2, 0) is 18.4 Å². The number of ether oxygens (including phenoxy) is 1. The van der Waals surface area contributed by atoms with Crippen LogP contribution in [0.1, 0.15) is 16.7 Å². The molecule has 0 heterocycles. The van der Waals surface area contributed by atoms with Crippen molar-refractivity contribution in [1.29, 1.82) is 0 Å². The summed E-state index contributed by atoms with van der Waals surface area (Å²) >= 11 is 6.50. The van der Waals surface area contributed by atoms with Crippen molar-refractivity contribution in [2.75, 3.05) is 27.7 Å². The van der Waals surface area contributed by atoms with Crippen LogP contribution in [-0.4, -0.2) is 37.8 Å². The Kier molecular flexibility index (Phi) is 9.39. The van der Waals surface area contributed by atoms with Crippen LogP contribution in [0.3, 0.4) is 0 Å². The van der Waals surface area contributed by atoms with E-state index in [0.717, 1.165) is 29.8 Å². The summed E-state index contributed by atoms with van der Waals surface area (Å²) in [5.41, 5.74) is 1.84. The van der Waals surface area contributed by atoms with Gasteiger partial charge in [-0.05, 0) is 55.4 Å². The van der Waals surface area contributed by atoms with Crippen molar-refractivity contribution in [2.45, 2.75) is 18.4 Å². The molecule has 0 aliphatic heterocycles. The van der Waals surface area contributed by atoms with Gasteiger partial charge in [-0.15, -0.1) is 12.4 Å². The van der Waals surface area contributed by atoms with Crippen LogP contribution in [0, 0.1) is 5.92 Å². The second kappa shape index (κ2) is 11.5. The molecule has 3 rings (SSSR count). The highest BCUT2D eigenvalue weighted by Crippen LogP contribution is 2.38. The molecule has 2 atom stereocenters. The second-order valence-corrected chi connectivity index (χ2v) is 8.48. The van der Waals surface area contributed by atoms with E-state index < -0.39 is 5.60 Å². The number of methoxy groups -OCH3 is 1. The average Bonchev–Trinajstić information content (AvgIpc) is 2.75. The van der Waals surface area contributed by atoms with Crippen LogP contribution < -0.4 is 4.74 Å². The van der Waals surface area contributed by atoms with E-state index in [2.05, 4.69) is 17.0 Å². The number of benzene rings is 3. The van der Waals surface area contributed by atoms with Crippen molar-refractivity contribution >= 4 is 24.0 Å². The molecule has 0 radical (unpaired) electrons. The Morgan fingerprint density at radius 3 is 2.29 bits per heavy atom. The Morgan fingerprint density at radius 1 is 0.968 bits per heavy atom. The van der Waals surface area contributed by atoms with Crippen molar-refractivity contribution in [3.8, 4) is 5.75 Å². The number of hydrogen-bond donors (Lipinski definition) is 1. The zero-order valence-electron chi connectivity index (χ0n) is 18.3. The van der Waals surface area contributed by atoms with Crippen molar-refractivity contribution in [1.82, 2.24) is 4.90 Å². The smallest absolute Gasteiger partial charge is 0.119 e. The molecule has 3 nitrogen and oxygen atoms in total. The van der Waals surface area contributed by atoms with E-state index in [1.54, 1.807) is 7.11 Å². The summed E-state index contributed by atoms with van der Waals surface area (Å²) in [7, 11) is 5.73. The quantitative estimate of drug-likeness (QED) is 0.450. The van der Waals surface area contributed by atoms with Crippen molar-refractivity contribution in [3.63, 3.8) is 0 Å². The second-order valence-electron chi connectivity index (χ2n) is 8.07. The zero-order chi connectivity index (χ0) is 21.6. The molecule has 2 unspecified atom stereocenters. The van der Waals surface area contributed by atoms with E-state index in [-0.39, 0.29) is 18.3 Å². The van der Waals surface area contributed by atoms with Gasteiger partial charge in [-0.2, -0.15) is 0 Å². The standard InChI is InChI=1S/C26H30ClNO2.ClH/c1-28(2)19-23(16-20-10-5-4-6-11-20)26(29,18-21-12-7-8-15-25(21)27)22-13-9-14-24(17-22)30-3;/h4-15,17,23,29H,16,18-19H2,1-3H3;1H. The monoisotopic (exact) mass is 459 g/mol. The van der Waals surface area contributed by atoms with Crippen LogP contribution in [0.4, 0.5) is 0 Å². The summed E-state index contributed by atoms with van der Waals surface area (Å²) in [5.74, 6) is 0.673. The molecule has 3 aromatic carbocycles. The molecule has 0 amide bonds. The van der Waals surface area contributed by atoms with Crippen LogP contribution >= 0.6 is 24.0 Å². The maximum Gasteiger partial charge on any atom is 0.119 e. The van der Waals surface area contributed by atoms with E-state index in [0.29, 0.717) is 11.4 Å². The van der Waals surface area contributed by atoms with Crippen LogP contribution in [0.15, 0.2) is 78.9 Å². The molecule has 0 saturated carbocycles. The lowest BCUT2D eigenvalue weighted by Gasteiger charge is -2.39. The summed E-state index contributed by atoms with van der Waals surface area (Å²) < 4.78 is 5.46. The molecule has 31 heavy (non-hydrogen) atoms. The first kappa shape index (κ1) is 25.2. The Hall–Kier alpha value is -2.04. The fourth-order valence-corrected chi connectivity index (χ4v) is 4.23. The number of nitrogens with zero attached hydrogens (tertiary/aromatic N) is 1. The first-order valence-corrected chi connectivity index (χ1v) is 10.6. The van der Waals surface area contributed by atoms with E-state index in [1.807, 2.05) is 80.8 Å². The summed E-state index contributed by atoms with van der Waals surface area (Å²) in [6.07, 6.45) is 1.17. The average molecular weight is 460 g/mol. The van der Waals surface area contributed by atoms with Crippen molar-refractivity contribution in [2.24, 2.45) is 5.92 Å². The van der Waals surface area contributed by atoms with Gasteiger partial charge in [0.1, 0.15) is 5.75 Å². The van der Waals surface area contributed by atoms with Crippen LogP contribution in [0.2, 0.25) is 5.02 Å². The maximum atomic E-state index is 12.3. The van der Waals surface area contributed by atoms with Gasteiger partial charge in [-0.1, -0.05) is 72.3 Å². The van der Waals surface area contributed by atoms with Gasteiger partial charge in [0.15, 0.2) is 0 Å². The number of rotatable bonds is 9. The van der Waals surface area contributed by atoms with Gasteiger partial charge >= 0.3 is 0 Å². The molecule has 0 bridgehead atoms. The van der Waals surface area contributed by atoms with Crippen LogP contribution in [0.25, 0.3) is 0 Å². The number of hydrogen-bond acceptors (Lipinski definition) is 3. The fraction of sp³-hybridized carbons (Fsp3) is 0.308. The normalized spacial score (nSPS) is 13.9. The number of halogens is 2. The van der Waals surface area contributed by atoms with Crippen molar-refractivity contribution < 1.29 is 9.84 Å². The molecule has 0 aliphatic carbocycles. The highest BCUT2D eigenvalue weighted by molar-refractivity contribution is 6.31. The summed E-state index contributed by atoms with van der Waals surface area (Å²) in [6, 6.07) is 25.8. The van der Waals surface area contributed by atoms with E-state index in [1.165, 1.54) is 5.56 Å². The summed E-state index contributed by atoms with van der Waals surface area (Å²) in [6.45, 7) is 0.729.